The van der Waals surface area contributed by atoms with Crippen molar-refractivity contribution in [2.45, 2.75) is 50.5 Å². The van der Waals surface area contributed by atoms with E-state index in [1.807, 2.05) is 6.92 Å². The van der Waals surface area contributed by atoms with E-state index in [-0.39, 0.29) is 17.9 Å². The zero-order chi connectivity index (χ0) is 17.2. The maximum Gasteiger partial charge on any atom is 0.243 e. The van der Waals surface area contributed by atoms with Crippen LogP contribution in [0.4, 0.5) is 5.95 Å². The van der Waals surface area contributed by atoms with Crippen LogP contribution < -0.4 is 5.32 Å². The second kappa shape index (κ2) is 6.87. The van der Waals surface area contributed by atoms with Crippen molar-refractivity contribution in [3.63, 3.8) is 0 Å². The van der Waals surface area contributed by atoms with Crippen molar-refractivity contribution in [3.8, 4) is 0 Å². The number of nitrogens with zero attached hydrogens (tertiary/aromatic N) is 5. The Kier molecular flexibility index (Phi) is 4.44. The lowest BCUT2D eigenvalue weighted by molar-refractivity contribution is -0.121. The molecule has 1 amide bonds. The van der Waals surface area contributed by atoms with Crippen molar-refractivity contribution in [1.29, 1.82) is 0 Å². The topological polar surface area (TPSA) is 97.0 Å². The fraction of sp³-hybridized carbons (Fsp3) is 0.588. The minimum absolute atomic E-state index is 0.0985. The van der Waals surface area contributed by atoms with E-state index in [0.717, 1.165) is 50.5 Å². The lowest BCUT2D eigenvalue weighted by Gasteiger charge is -2.34. The van der Waals surface area contributed by atoms with Crippen molar-refractivity contribution in [2.24, 2.45) is 0 Å². The van der Waals surface area contributed by atoms with Crippen LogP contribution in [-0.2, 0) is 4.79 Å². The van der Waals surface area contributed by atoms with E-state index in [2.05, 4.69) is 30.3 Å². The Bertz CT molecular complexity index is 730. The molecular formula is C17H22N6O2. The van der Waals surface area contributed by atoms with E-state index in [1.54, 1.807) is 18.5 Å². The number of hydrogen-bond acceptors (Lipinski definition) is 7. The van der Waals surface area contributed by atoms with Gasteiger partial charge in [-0.15, -0.1) is 0 Å². The summed E-state index contributed by atoms with van der Waals surface area (Å²) < 4.78 is 5.39. The van der Waals surface area contributed by atoms with E-state index in [4.69, 9.17) is 4.52 Å². The van der Waals surface area contributed by atoms with E-state index < -0.39 is 0 Å². The third kappa shape index (κ3) is 3.68. The normalized spacial score (nSPS) is 22.5. The van der Waals surface area contributed by atoms with Gasteiger partial charge in [0, 0.05) is 30.8 Å². The second-order valence-corrected chi connectivity index (χ2v) is 6.84. The molecule has 1 saturated heterocycles. The maximum absolute atomic E-state index is 12.5. The quantitative estimate of drug-likeness (QED) is 0.887. The van der Waals surface area contributed by atoms with Crippen LogP contribution in [0.2, 0.25) is 0 Å². The van der Waals surface area contributed by atoms with Gasteiger partial charge in [-0.2, -0.15) is 4.98 Å². The third-order valence-corrected chi connectivity index (χ3v) is 4.93. The van der Waals surface area contributed by atoms with Crippen molar-refractivity contribution < 1.29 is 9.32 Å². The number of likely N-dealkylation sites (tertiary alicyclic amines) is 1. The summed E-state index contributed by atoms with van der Waals surface area (Å²) in [5, 5.41) is 6.94. The number of hydrogen-bond donors (Lipinski definition) is 1. The average Bonchev–Trinajstić information content (AvgIpc) is 3.39. The molecule has 1 saturated carbocycles. The SMILES string of the molecule is C[C@H](C(=O)Nc1ncccn1)N1CCC[C@@H](c2noc(C3CC3)n2)C1. The summed E-state index contributed by atoms with van der Waals surface area (Å²) in [6.07, 6.45) is 7.55. The number of rotatable bonds is 5. The predicted molar refractivity (Wildman–Crippen MR) is 89.9 cm³/mol. The first-order valence-electron chi connectivity index (χ1n) is 8.86. The highest BCUT2D eigenvalue weighted by Gasteiger charge is 2.33. The Balaban J connectivity index is 1.38. The maximum atomic E-state index is 12.5. The zero-order valence-electron chi connectivity index (χ0n) is 14.3. The van der Waals surface area contributed by atoms with E-state index in [9.17, 15) is 4.79 Å². The zero-order valence-corrected chi connectivity index (χ0v) is 14.3. The lowest BCUT2D eigenvalue weighted by Crippen LogP contribution is -2.46. The summed E-state index contributed by atoms with van der Waals surface area (Å²) >= 11 is 0. The van der Waals surface area contributed by atoms with Gasteiger partial charge in [0.05, 0.1) is 6.04 Å². The van der Waals surface area contributed by atoms with Crippen LogP contribution >= 0.6 is 0 Å². The first-order valence-corrected chi connectivity index (χ1v) is 8.86. The molecule has 4 rings (SSSR count). The van der Waals surface area contributed by atoms with Crippen LogP contribution in [0, 0.1) is 0 Å². The fourth-order valence-electron chi connectivity index (χ4n) is 3.22. The molecule has 0 radical (unpaired) electrons. The van der Waals surface area contributed by atoms with Crippen LogP contribution in [0.15, 0.2) is 23.0 Å². The van der Waals surface area contributed by atoms with Gasteiger partial charge < -0.3 is 4.52 Å². The molecule has 8 heteroatoms. The third-order valence-electron chi connectivity index (χ3n) is 4.93. The standard InChI is InChI=1S/C17H22N6O2/c1-11(15(24)21-17-18-7-3-8-19-17)23-9-2-4-13(10-23)14-20-16(25-22-14)12-5-6-12/h3,7-8,11-13H,2,4-6,9-10H2,1H3,(H,18,19,21,24)/t11-,13-/m1/s1. The molecule has 2 aliphatic rings. The number of piperidine rings is 1. The van der Waals surface area contributed by atoms with Crippen molar-refractivity contribution >= 4 is 11.9 Å². The van der Waals surface area contributed by atoms with Crippen molar-refractivity contribution in [1.82, 2.24) is 25.0 Å². The molecule has 0 aromatic carbocycles. The van der Waals surface area contributed by atoms with Gasteiger partial charge in [-0.3, -0.25) is 15.0 Å². The summed E-state index contributed by atoms with van der Waals surface area (Å²) in [7, 11) is 0. The number of amides is 1. The first-order chi connectivity index (χ1) is 12.2. The molecule has 25 heavy (non-hydrogen) atoms. The highest BCUT2D eigenvalue weighted by Crippen LogP contribution is 2.39. The van der Waals surface area contributed by atoms with Crippen molar-refractivity contribution in [2.75, 3.05) is 18.4 Å². The highest BCUT2D eigenvalue weighted by molar-refractivity contribution is 5.93. The molecule has 1 N–H and O–H groups in total. The number of carbonyl (C=O) groups excluding carboxylic acids is 1. The van der Waals surface area contributed by atoms with Crippen molar-refractivity contribution in [3.05, 3.63) is 30.2 Å². The molecule has 2 fully saturated rings. The molecule has 8 nitrogen and oxygen atoms in total. The highest BCUT2D eigenvalue weighted by atomic mass is 16.5. The van der Waals surface area contributed by atoms with Crippen LogP contribution in [0.1, 0.15) is 56.2 Å². The summed E-state index contributed by atoms with van der Waals surface area (Å²) in [5.74, 6) is 2.48. The molecule has 1 aliphatic carbocycles. The molecular weight excluding hydrogens is 320 g/mol. The minimum Gasteiger partial charge on any atom is -0.339 e. The Morgan fingerprint density at radius 2 is 2.08 bits per heavy atom. The molecule has 2 atom stereocenters. The second-order valence-electron chi connectivity index (χ2n) is 6.84. The Labute approximate surface area is 146 Å². The smallest absolute Gasteiger partial charge is 0.243 e. The summed E-state index contributed by atoms with van der Waals surface area (Å²) in [6, 6.07) is 1.45. The molecule has 0 unspecified atom stereocenters. The average molecular weight is 342 g/mol. The molecule has 0 bridgehead atoms. The van der Waals surface area contributed by atoms with Gasteiger partial charge in [-0.1, -0.05) is 5.16 Å². The molecule has 3 heterocycles. The Morgan fingerprint density at radius 3 is 2.84 bits per heavy atom. The summed E-state index contributed by atoms with van der Waals surface area (Å²) in [4.78, 5) is 27.3. The van der Waals surface area contributed by atoms with Gasteiger partial charge in [0.2, 0.25) is 17.7 Å². The molecule has 2 aromatic heterocycles. The van der Waals surface area contributed by atoms with Crippen LogP contribution in [0.5, 0.6) is 0 Å². The Hall–Kier alpha value is -2.35. The lowest BCUT2D eigenvalue weighted by atomic mass is 9.96. The minimum atomic E-state index is -0.263. The van der Waals surface area contributed by atoms with Gasteiger partial charge >= 0.3 is 0 Å². The van der Waals surface area contributed by atoms with Gasteiger partial charge in [-0.25, -0.2) is 9.97 Å². The number of nitrogens with one attached hydrogen (secondary N) is 1. The largest absolute Gasteiger partial charge is 0.339 e. The number of carbonyl (C=O) groups is 1. The summed E-state index contributed by atoms with van der Waals surface area (Å²) in [6.45, 7) is 3.55. The van der Waals surface area contributed by atoms with E-state index in [0.29, 0.717) is 11.9 Å². The predicted octanol–water partition coefficient (Wildman–Crippen LogP) is 1.94. The van der Waals surface area contributed by atoms with Gasteiger partial charge in [0.15, 0.2) is 5.82 Å². The Morgan fingerprint density at radius 1 is 1.28 bits per heavy atom. The fourth-order valence-corrected chi connectivity index (χ4v) is 3.22. The first kappa shape index (κ1) is 16.1. The molecule has 1 aliphatic heterocycles. The van der Waals surface area contributed by atoms with Gasteiger partial charge in [0.25, 0.3) is 0 Å². The van der Waals surface area contributed by atoms with Gasteiger partial charge in [0.1, 0.15) is 0 Å². The van der Waals surface area contributed by atoms with E-state index in [1.165, 1.54) is 0 Å². The molecule has 2 aromatic rings. The van der Waals surface area contributed by atoms with E-state index >= 15 is 0 Å². The van der Waals surface area contributed by atoms with Gasteiger partial charge in [-0.05, 0) is 45.2 Å². The van der Waals surface area contributed by atoms with Crippen LogP contribution in [0.25, 0.3) is 0 Å². The summed E-state index contributed by atoms with van der Waals surface area (Å²) in [5.41, 5.74) is 0. The number of aromatic nitrogens is 4. The monoisotopic (exact) mass is 342 g/mol. The molecule has 0 spiro atoms. The molecule has 132 valence electrons. The van der Waals surface area contributed by atoms with Crippen LogP contribution in [-0.4, -0.2) is 50.0 Å². The van der Waals surface area contributed by atoms with Crippen LogP contribution in [0.3, 0.4) is 0 Å². The number of anilines is 1.